The van der Waals surface area contributed by atoms with Crippen molar-refractivity contribution in [2.24, 2.45) is 0 Å². The van der Waals surface area contributed by atoms with Gasteiger partial charge in [-0.2, -0.15) is 47.4 Å². The first-order valence-corrected chi connectivity index (χ1v) is 6.83. The second kappa shape index (κ2) is 6.86. The second-order valence-electron chi connectivity index (χ2n) is 4.95. The Morgan fingerprint density at radius 1 is 0.679 bits per heavy atom. The number of fused-ring (bicyclic) bond motifs is 1. The molecule has 0 aliphatic heterocycles. The van der Waals surface area contributed by atoms with Crippen molar-refractivity contribution in [2.45, 2.75) is 12.4 Å². The van der Waals surface area contributed by atoms with Crippen molar-refractivity contribution in [2.75, 3.05) is 0 Å². The summed E-state index contributed by atoms with van der Waals surface area (Å²) in [5.74, 6) is 0. The molecule has 0 amide bonds. The predicted molar refractivity (Wildman–Crippen MR) is 78.4 cm³/mol. The van der Waals surface area contributed by atoms with Crippen LogP contribution in [0.2, 0.25) is 0 Å². The molecule has 138 valence electrons. The highest BCUT2D eigenvalue weighted by Gasteiger charge is 2.39. The van der Waals surface area contributed by atoms with Gasteiger partial charge in [0.1, 0.15) is 35.4 Å². The number of nitrogens with zero attached hydrogens (tertiary/aromatic N) is 6. The highest BCUT2D eigenvalue weighted by Crippen LogP contribution is 2.28. The largest absolute Gasteiger partial charge is 0.426 e. The Balaban J connectivity index is 3.57. The molecule has 0 saturated heterocycles. The first-order chi connectivity index (χ1) is 13.0. The van der Waals surface area contributed by atoms with Gasteiger partial charge in [0.15, 0.2) is 0 Å². The van der Waals surface area contributed by atoms with Gasteiger partial charge in [-0.15, -0.1) is 0 Å². The quantitative estimate of drug-likeness (QED) is 0.631. The second-order valence-corrected chi connectivity index (χ2v) is 4.95. The monoisotopic (exact) mass is 392 g/mol. The Kier molecular flexibility index (Phi) is 4.94. The van der Waals surface area contributed by atoms with Crippen LogP contribution in [0.3, 0.4) is 0 Å². The van der Waals surface area contributed by atoms with Crippen molar-refractivity contribution in [1.29, 1.82) is 21.0 Å². The van der Waals surface area contributed by atoms with E-state index in [1.165, 1.54) is 12.1 Å². The molecule has 0 atom stereocenters. The van der Waals surface area contributed by atoms with Crippen molar-refractivity contribution in [3.8, 4) is 24.3 Å². The Bertz CT molecular complexity index is 1180. The van der Waals surface area contributed by atoms with Gasteiger partial charge in [0, 0.05) is 22.8 Å². The van der Waals surface area contributed by atoms with Crippen LogP contribution >= 0.6 is 0 Å². The highest BCUT2D eigenvalue weighted by atomic mass is 19.4. The van der Waals surface area contributed by atoms with Crippen molar-refractivity contribution in [1.82, 2.24) is 9.97 Å². The minimum Gasteiger partial charge on any atom is -0.252 e. The smallest absolute Gasteiger partial charge is 0.252 e. The number of hydrogen-bond acceptors (Lipinski definition) is 6. The maximum Gasteiger partial charge on any atom is 0.426 e. The lowest BCUT2D eigenvalue weighted by Gasteiger charge is -2.11. The molecule has 1 heterocycles. The van der Waals surface area contributed by atoms with Gasteiger partial charge in [0.25, 0.3) is 0 Å². The summed E-state index contributed by atoms with van der Waals surface area (Å²) >= 11 is 0. The van der Waals surface area contributed by atoms with Crippen LogP contribution in [-0.2, 0) is 0 Å². The van der Waals surface area contributed by atoms with Gasteiger partial charge in [-0.1, -0.05) is 0 Å². The van der Waals surface area contributed by atoms with Gasteiger partial charge >= 0.3 is 12.4 Å². The molecule has 12 heteroatoms. The number of rotatable bonds is 0. The van der Waals surface area contributed by atoms with E-state index in [0.717, 1.165) is 24.5 Å². The number of alkyl halides is 6. The van der Waals surface area contributed by atoms with E-state index in [4.69, 9.17) is 10.5 Å². The molecule has 0 N–H and O–H groups in total. The number of halogens is 6. The summed E-state index contributed by atoms with van der Waals surface area (Å²) in [5.41, 5.74) is -7.98. The molecule has 1 aromatic carbocycles. The fraction of sp³-hybridized carbons (Fsp3) is 0.125. The third-order valence-corrected chi connectivity index (χ3v) is 3.44. The Morgan fingerprint density at radius 3 is 1.21 bits per heavy atom. The SMILES string of the molecule is N#C/C(=c1/c(C#N)c(C#N)/c(=C(/C#N)C(F)(F)F)c2nccnc12)C(F)(F)F. The van der Waals surface area contributed by atoms with E-state index < -0.39 is 56.1 Å². The van der Waals surface area contributed by atoms with Gasteiger partial charge in [0.05, 0.1) is 22.2 Å². The van der Waals surface area contributed by atoms with Crippen LogP contribution in [0.5, 0.6) is 0 Å². The topological polar surface area (TPSA) is 121 Å². The molecule has 0 aliphatic carbocycles. The molecule has 6 nitrogen and oxygen atoms in total. The summed E-state index contributed by atoms with van der Waals surface area (Å²) in [6.07, 6.45) is -8.95. The van der Waals surface area contributed by atoms with E-state index in [9.17, 15) is 36.9 Å². The molecular formula is C16H2F6N6. The molecule has 0 unspecified atom stereocenters. The molecule has 0 fully saturated rings. The summed E-state index contributed by atoms with van der Waals surface area (Å²) in [5, 5.41) is 34.0. The lowest BCUT2D eigenvalue weighted by atomic mass is 9.96. The summed E-state index contributed by atoms with van der Waals surface area (Å²) in [7, 11) is 0. The van der Waals surface area contributed by atoms with Crippen LogP contribution in [0, 0.1) is 45.3 Å². The molecule has 1 aromatic heterocycles. The minimum absolute atomic E-state index is 0.827. The van der Waals surface area contributed by atoms with E-state index in [0.29, 0.717) is 0 Å². The molecular weight excluding hydrogens is 390 g/mol. The molecule has 0 aliphatic rings. The predicted octanol–water partition coefficient (Wildman–Crippen LogP) is 1.85. The Labute approximate surface area is 151 Å². The zero-order chi connectivity index (χ0) is 21.3. The van der Waals surface area contributed by atoms with Gasteiger partial charge in [0.2, 0.25) is 0 Å². The highest BCUT2D eigenvalue weighted by molar-refractivity contribution is 5.89. The molecule has 28 heavy (non-hydrogen) atoms. The van der Waals surface area contributed by atoms with E-state index in [1.54, 1.807) is 0 Å². The minimum atomic E-state index is -5.30. The first-order valence-electron chi connectivity index (χ1n) is 6.83. The zero-order valence-electron chi connectivity index (χ0n) is 13.1. The molecule has 2 rings (SSSR count). The maximum absolute atomic E-state index is 13.3. The van der Waals surface area contributed by atoms with Crippen LogP contribution in [0.4, 0.5) is 26.3 Å². The number of aromatic nitrogens is 2. The van der Waals surface area contributed by atoms with E-state index in [-0.39, 0.29) is 0 Å². The summed E-state index contributed by atoms with van der Waals surface area (Å²) < 4.78 is 79.6. The number of hydrogen-bond donors (Lipinski definition) is 0. The standard InChI is InChI=1S/C16H2F6N6/c17-15(18,19)9(5-25)11-7(3-23)8(4-24)12(10(6-26)16(20,21)22)14-13(11)27-1-2-28-14/h1-2H/b11-9+,12-10+. The average Bonchev–Trinajstić information content (AvgIpc) is 2.61. The molecule has 0 saturated carbocycles. The average molecular weight is 392 g/mol. The zero-order valence-corrected chi connectivity index (χ0v) is 13.1. The number of nitriles is 4. The fourth-order valence-electron chi connectivity index (χ4n) is 2.42. The van der Waals surface area contributed by atoms with Crippen LogP contribution < -0.4 is 10.4 Å². The summed E-state index contributed by atoms with van der Waals surface area (Å²) in [4.78, 5) is 7.04. The summed E-state index contributed by atoms with van der Waals surface area (Å²) in [6, 6.07) is 4.10. The first kappa shape index (κ1) is 20.2. The summed E-state index contributed by atoms with van der Waals surface area (Å²) in [6.45, 7) is 0. The Morgan fingerprint density at radius 2 is 1.00 bits per heavy atom. The molecule has 0 bridgehead atoms. The van der Waals surface area contributed by atoms with E-state index in [1.807, 2.05) is 0 Å². The van der Waals surface area contributed by atoms with Gasteiger partial charge in [-0.05, 0) is 0 Å². The van der Waals surface area contributed by atoms with Crippen LogP contribution in [0.1, 0.15) is 11.1 Å². The van der Waals surface area contributed by atoms with Crippen molar-refractivity contribution >= 4 is 22.2 Å². The lowest BCUT2D eigenvalue weighted by molar-refractivity contribution is -0.0693. The fourth-order valence-corrected chi connectivity index (χ4v) is 2.42. The number of benzene rings is 1. The van der Waals surface area contributed by atoms with E-state index >= 15 is 0 Å². The normalized spacial score (nSPS) is 13.6. The van der Waals surface area contributed by atoms with Gasteiger partial charge < -0.3 is 0 Å². The lowest BCUT2D eigenvalue weighted by Crippen LogP contribution is -2.31. The maximum atomic E-state index is 13.3. The van der Waals surface area contributed by atoms with Crippen LogP contribution in [-0.4, -0.2) is 22.3 Å². The Hall–Kier alpha value is -4.16. The molecule has 0 spiro atoms. The van der Waals surface area contributed by atoms with Crippen molar-refractivity contribution < 1.29 is 26.3 Å². The van der Waals surface area contributed by atoms with Crippen molar-refractivity contribution in [3.63, 3.8) is 0 Å². The molecule has 2 aromatic rings. The van der Waals surface area contributed by atoms with Gasteiger partial charge in [-0.3, -0.25) is 9.97 Å². The van der Waals surface area contributed by atoms with Crippen LogP contribution in [0.25, 0.3) is 22.2 Å². The molecule has 0 radical (unpaired) electrons. The third-order valence-electron chi connectivity index (χ3n) is 3.44. The third kappa shape index (κ3) is 3.15. The van der Waals surface area contributed by atoms with Crippen LogP contribution in [0.15, 0.2) is 12.4 Å². The van der Waals surface area contributed by atoms with Crippen molar-refractivity contribution in [3.05, 3.63) is 34.0 Å². The van der Waals surface area contributed by atoms with Gasteiger partial charge in [-0.25, -0.2) is 0 Å². The van der Waals surface area contributed by atoms with E-state index in [2.05, 4.69) is 9.97 Å².